The standard InChI is InChI=1S/C17H19FN2O3S/c1-13-5-7-16(8-6-13)24(22,23)20-10-9-19-17(21)12-14-3-2-4-15(18)11-14/h2-8,11,20H,9-10,12H2,1H3,(H,19,21). The molecule has 128 valence electrons. The van der Waals surface area contributed by atoms with Crippen LogP contribution >= 0.6 is 0 Å². The van der Waals surface area contributed by atoms with E-state index in [0.29, 0.717) is 5.56 Å². The van der Waals surface area contributed by atoms with Crippen LogP contribution in [0.25, 0.3) is 0 Å². The van der Waals surface area contributed by atoms with Crippen LogP contribution in [0, 0.1) is 12.7 Å². The molecule has 0 heterocycles. The van der Waals surface area contributed by atoms with Crippen LogP contribution in [-0.4, -0.2) is 27.4 Å². The molecule has 1 amide bonds. The number of amides is 1. The van der Waals surface area contributed by atoms with Gasteiger partial charge in [0.1, 0.15) is 5.82 Å². The first-order chi connectivity index (χ1) is 11.4. The largest absolute Gasteiger partial charge is 0.355 e. The van der Waals surface area contributed by atoms with Crippen molar-refractivity contribution in [3.8, 4) is 0 Å². The van der Waals surface area contributed by atoms with Crippen LogP contribution < -0.4 is 10.0 Å². The van der Waals surface area contributed by atoms with Gasteiger partial charge in [0.05, 0.1) is 11.3 Å². The molecule has 2 N–H and O–H groups in total. The van der Waals surface area contributed by atoms with Gasteiger partial charge in [-0.1, -0.05) is 29.8 Å². The van der Waals surface area contributed by atoms with Gasteiger partial charge in [-0.2, -0.15) is 0 Å². The van der Waals surface area contributed by atoms with Gasteiger partial charge in [0.25, 0.3) is 0 Å². The number of aryl methyl sites for hydroxylation is 1. The molecular formula is C17H19FN2O3S. The maximum atomic E-state index is 13.0. The Labute approximate surface area is 141 Å². The molecule has 0 aliphatic carbocycles. The van der Waals surface area contributed by atoms with Gasteiger partial charge in [0.2, 0.25) is 15.9 Å². The fourth-order valence-corrected chi connectivity index (χ4v) is 3.11. The number of rotatable bonds is 7. The highest BCUT2D eigenvalue weighted by Crippen LogP contribution is 2.09. The Morgan fingerprint density at radius 2 is 1.79 bits per heavy atom. The quantitative estimate of drug-likeness (QED) is 0.748. The molecule has 0 fully saturated rings. The highest BCUT2D eigenvalue weighted by molar-refractivity contribution is 7.89. The second-order valence-electron chi connectivity index (χ2n) is 5.37. The van der Waals surface area contributed by atoms with Crippen LogP contribution in [0.15, 0.2) is 53.4 Å². The van der Waals surface area contributed by atoms with Crippen molar-refractivity contribution in [1.29, 1.82) is 0 Å². The van der Waals surface area contributed by atoms with E-state index in [1.165, 1.54) is 30.3 Å². The molecule has 0 aliphatic rings. The third-order valence-corrected chi connectivity index (χ3v) is 4.80. The number of carbonyl (C=O) groups is 1. The second-order valence-corrected chi connectivity index (χ2v) is 7.13. The Kier molecular flexibility index (Phi) is 6.05. The highest BCUT2D eigenvalue weighted by atomic mass is 32.2. The van der Waals surface area contributed by atoms with Crippen molar-refractivity contribution in [2.24, 2.45) is 0 Å². The summed E-state index contributed by atoms with van der Waals surface area (Å²) < 4.78 is 39.6. The van der Waals surface area contributed by atoms with Crippen molar-refractivity contribution in [1.82, 2.24) is 10.0 Å². The van der Waals surface area contributed by atoms with Gasteiger partial charge in [-0.3, -0.25) is 4.79 Å². The van der Waals surface area contributed by atoms with Crippen molar-refractivity contribution in [3.63, 3.8) is 0 Å². The Morgan fingerprint density at radius 1 is 1.08 bits per heavy atom. The summed E-state index contributed by atoms with van der Waals surface area (Å²) in [5, 5.41) is 2.60. The average molecular weight is 350 g/mol. The van der Waals surface area contributed by atoms with Gasteiger partial charge in [-0.15, -0.1) is 0 Å². The van der Waals surface area contributed by atoms with E-state index < -0.39 is 15.8 Å². The first kappa shape index (κ1) is 18.1. The topological polar surface area (TPSA) is 75.3 Å². The lowest BCUT2D eigenvalue weighted by Crippen LogP contribution is -2.35. The predicted molar refractivity (Wildman–Crippen MR) is 89.5 cm³/mol. The summed E-state index contributed by atoms with van der Waals surface area (Å²) in [7, 11) is -3.59. The summed E-state index contributed by atoms with van der Waals surface area (Å²) in [6.07, 6.45) is 0.0441. The molecule has 0 radical (unpaired) electrons. The molecule has 0 aliphatic heterocycles. The normalized spacial score (nSPS) is 11.2. The summed E-state index contributed by atoms with van der Waals surface area (Å²) in [6.45, 7) is 2.10. The van der Waals surface area contributed by atoms with Gasteiger partial charge < -0.3 is 5.32 Å². The van der Waals surface area contributed by atoms with Crippen LogP contribution in [-0.2, 0) is 21.2 Å². The molecule has 0 saturated heterocycles. The number of halogens is 1. The monoisotopic (exact) mass is 350 g/mol. The average Bonchev–Trinajstić information content (AvgIpc) is 2.52. The SMILES string of the molecule is Cc1ccc(S(=O)(=O)NCCNC(=O)Cc2cccc(F)c2)cc1. The maximum absolute atomic E-state index is 13.0. The van der Waals surface area contributed by atoms with Gasteiger partial charge in [0.15, 0.2) is 0 Å². The zero-order valence-corrected chi connectivity index (χ0v) is 14.1. The first-order valence-electron chi connectivity index (χ1n) is 7.44. The van der Waals surface area contributed by atoms with Crippen LogP contribution in [0.5, 0.6) is 0 Å². The number of benzene rings is 2. The summed E-state index contributed by atoms with van der Waals surface area (Å²) in [4.78, 5) is 11.9. The van der Waals surface area contributed by atoms with Gasteiger partial charge in [-0.25, -0.2) is 17.5 Å². The minimum absolute atomic E-state index is 0.0441. The van der Waals surface area contributed by atoms with Crippen molar-refractivity contribution in [2.75, 3.05) is 13.1 Å². The lowest BCUT2D eigenvalue weighted by molar-refractivity contribution is -0.120. The number of carbonyl (C=O) groups excluding carboxylic acids is 1. The predicted octanol–water partition coefficient (Wildman–Crippen LogP) is 1.77. The maximum Gasteiger partial charge on any atom is 0.240 e. The van der Waals surface area contributed by atoms with Crippen LogP contribution in [0.4, 0.5) is 4.39 Å². The fourth-order valence-electron chi connectivity index (χ4n) is 2.08. The molecule has 24 heavy (non-hydrogen) atoms. The Morgan fingerprint density at radius 3 is 2.46 bits per heavy atom. The molecule has 7 heteroatoms. The highest BCUT2D eigenvalue weighted by Gasteiger charge is 2.12. The van der Waals surface area contributed by atoms with E-state index in [9.17, 15) is 17.6 Å². The summed E-state index contributed by atoms with van der Waals surface area (Å²) in [5.74, 6) is -0.693. The van der Waals surface area contributed by atoms with E-state index in [2.05, 4.69) is 10.0 Å². The lowest BCUT2D eigenvalue weighted by Gasteiger charge is -2.08. The van der Waals surface area contributed by atoms with E-state index in [4.69, 9.17) is 0 Å². The van der Waals surface area contributed by atoms with E-state index in [-0.39, 0.29) is 30.3 Å². The number of nitrogens with one attached hydrogen (secondary N) is 2. The van der Waals surface area contributed by atoms with Gasteiger partial charge >= 0.3 is 0 Å². The molecular weight excluding hydrogens is 331 g/mol. The molecule has 0 bridgehead atoms. The lowest BCUT2D eigenvalue weighted by atomic mass is 10.1. The number of hydrogen-bond acceptors (Lipinski definition) is 3. The Balaban J connectivity index is 1.77. The van der Waals surface area contributed by atoms with Crippen LogP contribution in [0.1, 0.15) is 11.1 Å². The van der Waals surface area contributed by atoms with Crippen molar-refractivity contribution >= 4 is 15.9 Å². The smallest absolute Gasteiger partial charge is 0.240 e. The summed E-state index contributed by atoms with van der Waals surface area (Å²) in [6, 6.07) is 12.3. The molecule has 5 nitrogen and oxygen atoms in total. The van der Waals surface area contributed by atoms with Crippen molar-refractivity contribution in [2.45, 2.75) is 18.2 Å². The number of hydrogen-bond donors (Lipinski definition) is 2. The van der Waals surface area contributed by atoms with E-state index in [1.807, 2.05) is 6.92 Å². The Hall–Kier alpha value is -2.25. The Bertz CT molecular complexity index is 805. The molecule has 2 rings (SSSR count). The molecule has 0 aromatic heterocycles. The van der Waals surface area contributed by atoms with Gasteiger partial charge in [-0.05, 0) is 36.8 Å². The molecule has 2 aromatic carbocycles. The molecule has 0 atom stereocenters. The molecule has 0 saturated carbocycles. The summed E-state index contributed by atoms with van der Waals surface area (Å²) >= 11 is 0. The summed E-state index contributed by atoms with van der Waals surface area (Å²) in [5.41, 5.74) is 1.53. The molecule has 0 spiro atoms. The first-order valence-corrected chi connectivity index (χ1v) is 8.92. The molecule has 0 unspecified atom stereocenters. The van der Waals surface area contributed by atoms with E-state index in [0.717, 1.165) is 5.56 Å². The van der Waals surface area contributed by atoms with Crippen molar-refractivity contribution < 1.29 is 17.6 Å². The fraction of sp³-hybridized carbons (Fsp3) is 0.235. The zero-order valence-electron chi connectivity index (χ0n) is 13.3. The van der Waals surface area contributed by atoms with Crippen molar-refractivity contribution in [3.05, 3.63) is 65.5 Å². The number of sulfonamides is 1. The van der Waals surface area contributed by atoms with Crippen LogP contribution in [0.3, 0.4) is 0 Å². The minimum atomic E-state index is -3.59. The van der Waals surface area contributed by atoms with Gasteiger partial charge in [0, 0.05) is 13.1 Å². The molecule has 2 aromatic rings. The van der Waals surface area contributed by atoms with E-state index in [1.54, 1.807) is 18.2 Å². The third-order valence-electron chi connectivity index (χ3n) is 3.32. The second kappa shape index (κ2) is 8.03. The zero-order chi connectivity index (χ0) is 17.6. The third kappa shape index (κ3) is 5.43. The van der Waals surface area contributed by atoms with Crippen LogP contribution in [0.2, 0.25) is 0 Å². The minimum Gasteiger partial charge on any atom is -0.355 e. The van der Waals surface area contributed by atoms with E-state index >= 15 is 0 Å².